The van der Waals surface area contributed by atoms with Gasteiger partial charge in [-0.1, -0.05) is 289 Å². The fourth-order valence-electron chi connectivity index (χ4n) is 9.51. The lowest BCUT2D eigenvalue weighted by Gasteiger charge is -2.20. The average molecular weight is 959 g/mol. The van der Waals surface area contributed by atoms with Gasteiger partial charge in [0, 0.05) is 12.8 Å². The Morgan fingerprint density at radius 3 is 1.04 bits per heavy atom. The van der Waals surface area contributed by atoms with Crippen LogP contribution >= 0.6 is 0 Å². The predicted octanol–water partition coefficient (Wildman–Crippen LogP) is 19.0. The maximum absolute atomic E-state index is 12.4. The quantitative estimate of drug-likeness (QED) is 0.0321. The average Bonchev–Trinajstić information content (AvgIpc) is 3.34. The smallest absolute Gasteiger partial charge is 0.305 e. The fourth-order valence-corrected chi connectivity index (χ4v) is 9.51. The lowest BCUT2D eigenvalue weighted by Crippen LogP contribution is -2.45. The van der Waals surface area contributed by atoms with Crippen LogP contribution in [0.5, 0.6) is 0 Å². The fraction of sp³-hybridized carbons (Fsp3) is 0.903. The summed E-state index contributed by atoms with van der Waals surface area (Å²) in [5.74, 6) is -0.0601. The van der Waals surface area contributed by atoms with Crippen LogP contribution in [-0.2, 0) is 14.3 Å². The largest absolute Gasteiger partial charge is 0.466 e. The molecule has 0 bridgehead atoms. The van der Waals surface area contributed by atoms with E-state index >= 15 is 0 Å². The summed E-state index contributed by atoms with van der Waals surface area (Å²) >= 11 is 0. The van der Waals surface area contributed by atoms with Gasteiger partial charge in [-0.2, -0.15) is 0 Å². The van der Waals surface area contributed by atoms with E-state index in [2.05, 4.69) is 31.3 Å². The van der Waals surface area contributed by atoms with Gasteiger partial charge in [-0.15, -0.1) is 0 Å². The molecular formula is C62H119NO5. The number of aliphatic hydroxyl groups excluding tert-OH is 2. The molecule has 0 aromatic heterocycles. The monoisotopic (exact) mass is 958 g/mol. The van der Waals surface area contributed by atoms with E-state index in [0.29, 0.717) is 19.4 Å². The molecule has 2 atom stereocenters. The Morgan fingerprint density at radius 2 is 0.691 bits per heavy atom. The van der Waals surface area contributed by atoms with Gasteiger partial charge in [0.1, 0.15) is 0 Å². The second-order valence-electron chi connectivity index (χ2n) is 21.0. The van der Waals surface area contributed by atoms with Crippen molar-refractivity contribution >= 4 is 11.9 Å². The van der Waals surface area contributed by atoms with Gasteiger partial charge in [-0.05, 0) is 57.8 Å². The number of rotatable bonds is 57. The van der Waals surface area contributed by atoms with E-state index in [1.807, 2.05) is 6.08 Å². The second kappa shape index (κ2) is 57.9. The number of hydrogen-bond acceptors (Lipinski definition) is 5. The highest BCUT2D eigenvalue weighted by Crippen LogP contribution is 2.17. The summed E-state index contributed by atoms with van der Waals surface area (Å²) in [7, 11) is 0. The number of nitrogens with one attached hydrogen (secondary N) is 1. The third-order valence-corrected chi connectivity index (χ3v) is 14.2. The number of carbonyl (C=O) groups excluding carboxylic acids is 2. The molecule has 402 valence electrons. The van der Waals surface area contributed by atoms with Crippen molar-refractivity contribution in [1.29, 1.82) is 0 Å². The molecule has 0 saturated heterocycles. The zero-order valence-corrected chi connectivity index (χ0v) is 45.9. The molecule has 0 spiro atoms. The summed E-state index contributed by atoms with van der Waals surface area (Å²) in [6.45, 7) is 4.90. The molecule has 0 radical (unpaired) electrons. The summed E-state index contributed by atoms with van der Waals surface area (Å²) in [5, 5.41) is 23.0. The summed E-state index contributed by atoms with van der Waals surface area (Å²) in [6, 6.07) is -0.627. The van der Waals surface area contributed by atoms with Crippen LogP contribution in [-0.4, -0.2) is 47.4 Å². The number of amides is 1. The zero-order chi connectivity index (χ0) is 49.3. The molecule has 0 heterocycles. The van der Waals surface area contributed by atoms with Crippen molar-refractivity contribution in [3.63, 3.8) is 0 Å². The van der Waals surface area contributed by atoms with Crippen molar-refractivity contribution < 1.29 is 24.5 Å². The zero-order valence-electron chi connectivity index (χ0n) is 45.9. The molecule has 6 heteroatoms. The molecule has 1 amide bonds. The summed E-state index contributed by atoms with van der Waals surface area (Å²) in [6.07, 6.45) is 70.7. The third-order valence-electron chi connectivity index (χ3n) is 14.2. The number of allylic oxidation sites excluding steroid dienone is 3. The van der Waals surface area contributed by atoms with Crippen LogP contribution in [0.25, 0.3) is 0 Å². The minimum absolute atomic E-state index is 0.00869. The molecule has 0 aromatic rings. The van der Waals surface area contributed by atoms with Crippen molar-refractivity contribution in [3.05, 3.63) is 24.3 Å². The van der Waals surface area contributed by atoms with Crippen LogP contribution in [0.1, 0.15) is 335 Å². The van der Waals surface area contributed by atoms with Crippen LogP contribution in [0.15, 0.2) is 24.3 Å². The summed E-state index contributed by atoms with van der Waals surface area (Å²) in [4.78, 5) is 24.5. The molecule has 0 aliphatic rings. The Labute approximate surface area is 424 Å². The van der Waals surface area contributed by atoms with Crippen molar-refractivity contribution in [2.45, 2.75) is 347 Å². The third kappa shape index (κ3) is 53.7. The van der Waals surface area contributed by atoms with Crippen molar-refractivity contribution in [3.8, 4) is 0 Å². The maximum atomic E-state index is 12.4. The lowest BCUT2D eigenvalue weighted by molar-refractivity contribution is -0.143. The van der Waals surface area contributed by atoms with Crippen LogP contribution in [0.2, 0.25) is 0 Å². The normalized spacial score (nSPS) is 12.7. The number of aliphatic hydroxyl groups is 2. The number of carbonyl (C=O) groups is 2. The minimum atomic E-state index is -0.844. The summed E-state index contributed by atoms with van der Waals surface area (Å²) in [5.41, 5.74) is 0. The van der Waals surface area contributed by atoms with Gasteiger partial charge in [0.15, 0.2) is 0 Å². The first-order valence-corrected chi connectivity index (χ1v) is 30.6. The number of unbranched alkanes of at least 4 members (excludes halogenated alkanes) is 44. The Hall–Kier alpha value is -1.66. The van der Waals surface area contributed by atoms with Crippen molar-refractivity contribution in [2.75, 3.05) is 13.2 Å². The second-order valence-corrected chi connectivity index (χ2v) is 21.0. The number of hydrogen-bond donors (Lipinski definition) is 3. The van der Waals surface area contributed by atoms with Crippen molar-refractivity contribution in [1.82, 2.24) is 5.32 Å². The van der Waals surface area contributed by atoms with Crippen molar-refractivity contribution in [2.24, 2.45) is 0 Å². The molecule has 2 unspecified atom stereocenters. The van der Waals surface area contributed by atoms with E-state index in [1.54, 1.807) is 6.08 Å². The predicted molar refractivity (Wildman–Crippen MR) is 296 cm³/mol. The van der Waals surface area contributed by atoms with E-state index in [0.717, 1.165) is 44.9 Å². The van der Waals surface area contributed by atoms with Gasteiger partial charge in [0.2, 0.25) is 5.91 Å². The van der Waals surface area contributed by atoms with E-state index in [1.165, 1.54) is 263 Å². The first-order valence-electron chi connectivity index (χ1n) is 30.6. The highest BCUT2D eigenvalue weighted by Gasteiger charge is 2.18. The van der Waals surface area contributed by atoms with Crippen LogP contribution < -0.4 is 5.32 Å². The number of esters is 1. The summed E-state index contributed by atoms with van der Waals surface area (Å²) < 4.78 is 5.49. The lowest BCUT2D eigenvalue weighted by atomic mass is 10.0. The molecule has 0 fully saturated rings. The molecule has 0 aromatic carbocycles. The van der Waals surface area contributed by atoms with E-state index < -0.39 is 12.1 Å². The van der Waals surface area contributed by atoms with Gasteiger partial charge in [0.05, 0.1) is 25.4 Å². The van der Waals surface area contributed by atoms with Gasteiger partial charge >= 0.3 is 5.97 Å². The Balaban J connectivity index is 3.37. The Morgan fingerprint density at radius 1 is 0.397 bits per heavy atom. The molecule has 68 heavy (non-hydrogen) atoms. The Kier molecular flexibility index (Phi) is 56.5. The highest BCUT2D eigenvalue weighted by molar-refractivity contribution is 5.76. The maximum Gasteiger partial charge on any atom is 0.305 e. The molecule has 0 aliphatic carbocycles. The SMILES string of the molecule is CCCCCCCCC/C=C\CCCCCCCCCC(=O)OCCCCCCCCCCCCCCCCCCCCCCCC(=O)NC(CO)C(O)/C=C/CCCCCCCCCCCC. The van der Waals surface area contributed by atoms with E-state index in [4.69, 9.17) is 4.74 Å². The van der Waals surface area contributed by atoms with Gasteiger partial charge in [-0.3, -0.25) is 9.59 Å². The first kappa shape index (κ1) is 66.3. The van der Waals surface area contributed by atoms with E-state index in [9.17, 15) is 19.8 Å². The van der Waals surface area contributed by atoms with E-state index in [-0.39, 0.29) is 18.5 Å². The van der Waals surface area contributed by atoms with Crippen LogP contribution in [0, 0.1) is 0 Å². The Bertz CT molecular complexity index is 1060. The van der Waals surface area contributed by atoms with Crippen LogP contribution in [0.3, 0.4) is 0 Å². The number of ether oxygens (including phenoxy) is 1. The topological polar surface area (TPSA) is 95.9 Å². The highest BCUT2D eigenvalue weighted by atomic mass is 16.5. The minimum Gasteiger partial charge on any atom is -0.466 e. The molecule has 3 N–H and O–H groups in total. The molecule has 0 rings (SSSR count). The first-order chi connectivity index (χ1) is 33.5. The standard InChI is InChI=1S/C62H119NO5/c1-3-5-7-9-11-13-15-17-18-19-26-29-32-36-40-44-48-52-56-62(67)68-57-53-49-45-41-37-33-30-27-24-22-20-21-23-25-28-31-35-39-43-47-51-55-61(66)63-59(58-64)60(65)54-50-46-42-38-34-16-14-12-10-8-6-4-2/h18-19,50,54,59-60,64-65H,3-17,20-49,51-53,55-58H2,1-2H3,(H,63,66)/b19-18-,54-50+. The molecule has 6 nitrogen and oxygen atoms in total. The van der Waals surface area contributed by atoms with Gasteiger partial charge < -0.3 is 20.3 Å². The molecule has 0 aliphatic heterocycles. The van der Waals surface area contributed by atoms with Gasteiger partial charge in [-0.25, -0.2) is 0 Å². The molecular weight excluding hydrogens is 839 g/mol. The molecule has 0 saturated carbocycles. The van der Waals surface area contributed by atoms with Gasteiger partial charge in [0.25, 0.3) is 0 Å². The van der Waals surface area contributed by atoms with Crippen LogP contribution in [0.4, 0.5) is 0 Å².